The molecule has 0 unspecified atom stereocenters. The number of ether oxygens (including phenoxy) is 1. The normalized spacial score (nSPS) is 10.3. The lowest BCUT2D eigenvalue weighted by atomic mass is 10.4. The summed E-state index contributed by atoms with van der Waals surface area (Å²) in [6.07, 6.45) is 0. The maximum atomic E-state index is 12.7. The van der Waals surface area contributed by atoms with Gasteiger partial charge in [0.15, 0.2) is 5.69 Å². The Morgan fingerprint density at radius 1 is 1.44 bits per heavy atom. The minimum Gasteiger partial charge on any atom is -0.464 e. The molecule has 1 aromatic carbocycles. The van der Waals surface area contributed by atoms with Crippen molar-refractivity contribution < 1.29 is 13.9 Å². The molecule has 0 spiro atoms. The summed E-state index contributed by atoms with van der Waals surface area (Å²) in [5.74, 6) is -0.0290. The number of thioether (sulfide) groups is 1. The van der Waals surface area contributed by atoms with Crippen molar-refractivity contribution in [1.82, 2.24) is 4.98 Å². The number of halogens is 1. The standard InChI is InChI=1S/C12H10FNO2S2/c1-16-12(15)10-6-18-11(14-10)7-17-9-4-2-8(13)3-5-9/h2-6H,7H2,1H3. The number of hydrogen-bond acceptors (Lipinski definition) is 5. The summed E-state index contributed by atoms with van der Waals surface area (Å²) < 4.78 is 17.3. The van der Waals surface area contributed by atoms with Crippen LogP contribution < -0.4 is 0 Å². The zero-order valence-electron chi connectivity index (χ0n) is 9.55. The minimum absolute atomic E-state index is 0.249. The van der Waals surface area contributed by atoms with Crippen molar-refractivity contribution in [2.24, 2.45) is 0 Å². The fourth-order valence-electron chi connectivity index (χ4n) is 1.25. The lowest BCUT2D eigenvalue weighted by molar-refractivity contribution is 0.0595. The van der Waals surface area contributed by atoms with Crippen LogP contribution in [-0.2, 0) is 10.5 Å². The van der Waals surface area contributed by atoms with Crippen LogP contribution in [0.15, 0.2) is 34.5 Å². The zero-order valence-corrected chi connectivity index (χ0v) is 11.2. The SMILES string of the molecule is COC(=O)c1csc(CSc2ccc(F)cc2)n1. The first-order valence-electron chi connectivity index (χ1n) is 5.10. The number of rotatable bonds is 4. The van der Waals surface area contributed by atoms with Gasteiger partial charge in [-0.25, -0.2) is 14.2 Å². The fraction of sp³-hybridized carbons (Fsp3) is 0.167. The van der Waals surface area contributed by atoms with Crippen molar-refractivity contribution in [2.45, 2.75) is 10.6 Å². The quantitative estimate of drug-likeness (QED) is 0.637. The summed E-state index contributed by atoms with van der Waals surface area (Å²) in [5.41, 5.74) is 0.331. The van der Waals surface area contributed by atoms with Crippen molar-refractivity contribution in [3.8, 4) is 0 Å². The second-order valence-electron chi connectivity index (χ2n) is 3.36. The molecule has 2 rings (SSSR count). The number of thiazole rings is 1. The van der Waals surface area contributed by atoms with Crippen LogP contribution in [-0.4, -0.2) is 18.1 Å². The number of esters is 1. The molecule has 6 heteroatoms. The van der Waals surface area contributed by atoms with E-state index in [9.17, 15) is 9.18 Å². The number of carbonyl (C=O) groups excluding carboxylic acids is 1. The first kappa shape index (κ1) is 13.0. The van der Waals surface area contributed by atoms with E-state index < -0.39 is 5.97 Å². The molecular weight excluding hydrogens is 273 g/mol. The Morgan fingerprint density at radius 3 is 2.83 bits per heavy atom. The summed E-state index contributed by atoms with van der Waals surface area (Å²) >= 11 is 2.95. The molecular formula is C12H10FNO2S2. The van der Waals surface area contributed by atoms with E-state index in [4.69, 9.17) is 0 Å². The molecule has 0 radical (unpaired) electrons. The van der Waals surface area contributed by atoms with Crippen molar-refractivity contribution in [2.75, 3.05) is 7.11 Å². The monoisotopic (exact) mass is 283 g/mol. The van der Waals surface area contributed by atoms with E-state index in [2.05, 4.69) is 9.72 Å². The van der Waals surface area contributed by atoms with E-state index in [-0.39, 0.29) is 5.82 Å². The predicted octanol–water partition coefficient (Wildman–Crippen LogP) is 3.36. The van der Waals surface area contributed by atoms with Crippen LogP contribution in [0.2, 0.25) is 0 Å². The molecule has 0 saturated heterocycles. The van der Waals surface area contributed by atoms with E-state index in [0.29, 0.717) is 11.4 Å². The lowest BCUT2D eigenvalue weighted by Crippen LogP contribution is -2.01. The summed E-state index contributed by atoms with van der Waals surface area (Å²) in [5, 5.41) is 2.51. The van der Waals surface area contributed by atoms with Gasteiger partial charge in [0.25, 0.3) is 0 Å². The Bertz CT molecular complexity index is 539. The number of aromatic nitrogens is 1. The molecule has 0 bridgehead atoms. The molecule has 1 heterocycles. The summed E-state index contributed by atoms with van der Waals surface area (Å²) in [6.45, 7) is 0. The maximum Gasteiger partial charge on any atom is 0.357 e. The van der Waals surface area contributed by atoms with E-state index >= 15 is 0 Å². The van der Waals surface area contributed by atoms with Crippen LogP contribution in [0.25, 0.3) is 0 Å². The Balaban J connectivity index is 1.96. The number of hydrogen-bond donors (Lipinski definition) is 0. The molecule has 0 aliphatic carbocycles. The second-order valence-corrected chi connectivity index (χ2v) is 5.35. The number of nitrogens with zero attached hydrogens (tertiary/aromatic N) is 1. The highest BCUT2D eigenvalue weighted by Gasteiger charge is 2.10. The lowest BCUT2D eigenvalue weighted by Gasteiger charge is -1.98. The maximum absolute atomic E-state index is 12.7. The molecule has 0 atom stereocenters. The van der Waals surface area contributed by atoms with Gasteiger partial charge in [-0.05, 0) is 24.3 Å². The first-order chi connectivity index (χ1) is 8.69. The van der Waals surface area contributed by atoms with Gasteiger partial charge in [0.05, 0.1) is 12.9 Å². The van der Waals surface area contributed by atoms with Crippen LogP contribution in [0.1, 0.15) is 15.5 Å². The third kappa shape index (κ3) is 3.30. The molecule has 0 aliphatic rings. The van der Waals surface area contributed by atoms with Crippen LogP contribution >= 0.6 is 23.1 Å². The number of benzene rings is 1. The molecule has 0 fully saturated rings. The molecule has 0 aliphatic heterocycles. The van der Waals surface area contributed by atoms with Crippen LogP contribution in [0.4, 0.5) is 4.39 Å². The van der Waals surface area contributed by atoms with Gasteiger partial charge < -0.3 is 4.74 Å². The molecule has 94 valence electrons. The molecule has 3 nitrogen and oxygen atoms in total. The van der Waals surface area contributed by atoms with Gasteiger partial charge in [-0.15, -0.1) is 23.1 Å². The number of methoxy groups -OCH3 is 1. The average Bonchev–Trinajstić information content (AvgIpc) is 2.86. The Kier molecular flexibility index (Phi) is 4.33. The smallest absolute Gasteiger partial charge is 0.357 e. The second kappa shape index (κ2) is 5.97. The summed E-state index contributed by atoms with van der Waals surface area (Å²) in [7, 11) is 1.33. The van der Waals surface area contributed by atoms with Gasteiger partial charge >= 0.3 is 5.97 Å². The van der Waals surface area contributed by atoms with Gasteiger partial charge in [0.1, 0.15) is 10.8 Å². The minimum atomic E-state index is -0.427. The first-order valence-corrected chi connectivity index (χ1v) is 6.96. The third-order valence-corrected chi connectivity index (χ3v) is 4.18. The Labute approximate surface area is 112 Å². The van der Waals surface area contributed by atoms with E-state index in [1.165, 1.54) is 30.6 Å². The van der Waals surface area contributed by atoms with Gasteiger partial charge in [-0.2, -0.15) is 0 Å². The van der Waals surface area contributed by atoms with Crippen molar-refractivity contribution in [3.63, 3.8) is 0 Å². The van der Waals surface area contributed by atoms with Gasteiger partial charge in [0, 0.05) is 10.3 Å². The Hall–Kier alpha value is -1.40. The molecule has 0 N–H and O–H groups in total. The van der Waals surface area contributed by atoms with Gasteiger partial charge in [-0.1, -0.05) is 0 Å². The van der Waals surface area contributed by atoms with Gasteiger partial charge in [-0.3, -0.25) is 0 Å². The van der Waals surface area contributed by atoms with E-state index in [1.54, 1.807) is 29.3 Å². The van der Waals surface area contributed by atoms with E-state index in [0.717, 1.165) is 9.90 Å². The molecule has 0 amide bonds. The zero-order chi connectivity index (χ0) is 13.0. The fourth-order valence-corrected chi connectivity index (χ4v) is 2.93. The average molecular weight is 283 g/mol. The van der Waals surface area contributed by atoms with Crippen LogP contribution in [0.3, 0.4) is 0 Å². The molecule has 1 aromatic heterocycles. The van der Waals surface area contributed by atoms with Crippen LogP contribution in [0, 0.1) is 5.82 Å². The molecule has 0 saturated carbocycles. The highest BCUT2D eigenvalue weighted by atomic mass is 32.2. The van der Waals surface area contributed by atoms with Crippen molar-refractivity contribution in [3.05, 3.63) is 46.2 Å². The van der Waals surface area contributed by atoms with E-state index in [1.807, 2.05) is 0 Å². The largest absolute Gasteiger partial charge is 0.464 e. The topological polar surface area (TPSA) is 39.2 Å². The Morgan fingerprint density at radius 2 is 2.17 bits per heavy atom. The van der Waals surface area contributed by atoms with Gasteiger partial charge in [0.2, 0.25) is 0 Å². The summed E-state index contributed by atoms with van der Waals surface area (Å²) in [6, 6.07) is 6.28. The van der Waals surface area contributed by atoms with Crippen molar-refractivity contribution in [1.29, 1.82) is 0 Å². The summed E-state index contributed by atoms with van der Waals surface area (Å²) in [4.78, 5) is 16.3. The molecule has 2 aromatic rings. The molecule has 18 heavy (non-hydrogen) atoms. The third-order valence-electron chi connectivity index (χ3n) is 2.12. The highest BCUT2D eigenvalue weighted by molar-refractivity contribution is 7.98. The highest BCUT2D eigenvalue weighted by Crippen LogP contribution is 2.24. The number of carbonyl (C=O) groups is 1. The van der Waals surface area contributed by atoms with Crippen LogP contribution in [0.5, 0.6) is 0 Å². The predicted molar refractivity (Wildman–Crippen MR) is 69.4 cm³/mol. The van der Waals surface area contributed by atoms with Crippen molar-refractivity contribution >= 4 is 29.1 Å².